The van der Waals surface area contributed by atoms with Gasteiger partial charge < -0.3 is 14.0 Å². The van der Waals surface area contributed by atoms with E-state index in [1.165, 1.54) is 12.1 Å². The Morgan fingerprint density at radius 1 is 1.12 bits per heavy atom. The summed E-state index contributed by atoms with van der Waals surface area (Å²) in [7, 11) is 1.69. The second-order valence-electron chi connectivity index (χ2n) is 5.78. The lowest BCUT2D eigenvalue weighted by atomic mass is 10.2. The summed E-state index contributed by atoms with van der Waals surface area (Å²) in [6, 6.07) is 8.21. The van der Waals surface area contributed by atoms with Crippen molar-refractivity contribution in [1.82, 2.24) is 9.55 Å². The van der Waals surface area contributed by atoms with Crippen LogP contribution in [0, 0.1) is 19.7 Å². The smallest absolute Gasteiger partial charge is 0.147 e. The molecule has 6 heteroatoms. The number of hydrogen-bond acceptors (Lipinski definition) is 3. The Hall–Kier alpha value is -2.11. The molecule has 0 saturated heterocycles. The van der Waals surface area contributed by atoms with E-state index in [1.807, 2.05) is 6.07 Å². The van der Waals surface area contributed by atoms with Gasteiger partial charge in [-0.25, -0.2) is 4.39 Å². The Kier molecular flexibility index (Phi) is 6.39. The van der Waals surface area contributed by atoms with Gasteiger partial charge in [-0.05, 0) is 37.1 Å². The zero-order valence-corrected chi connectivity index (χ0v) is 15.4. The molecule has 0 bridgehead atoms. The van der Waals surface area contributed by atoms with Crippen LogP contribution in [-0.4, -0.2) is 23.3 Å². The molecule has 25 heavy (non-hydrogen) atoms. The zero-order valence-electron chi connectivity index (χ0n) is 14.6. The first-order valence-electron chi connectivity index (χ1n) is 7.92. The van der Waals surface area contributed by atoms with E-state index in [0.717, 1.165) is 40.1 Å². The molecule has 0 unspecified atom stereocenters. The van der Waals surface area contributed by atoms with Crippen molar-refractivity contribution in [3.8, 4) is 5.75 Å². The average Bonchev–Trinajstić information content (AvgIpc) is 2.84. The molecule has 0 saturated carbocycles. The molecule has 0 N–H and O–H groups in total. The molecule has 4 nitrogen and oxygen atoms in total. The first kappa shape index (κ1) is 19.2. The van der Waals surface area contributed by atoms with Gasteiger partial charge in [0.25, 0.3) is 0 Å². The van der Waals surface area contributed by atoms with Crippen molar-refractivity contribution < 1.29 is 13.9 Å². The molecule has 0 radical (unpaired) electrons. The monoisotopic (exact) mass is 364 g/mol. The van der Waals surface area contributed by atoms with E-state index in [1.54, 1.807) is 25.4 Å². The number of ether oxygens (including phenoxy) is 2. The fourth-order valence-electron chi connectivity index (χ4n) is 2.83. The van der Waals surface area contributed by atoms with Gasteiger partial charge in [-0.15, -0.1) is 12.4 Å². The number of halogens is 2. The summed E-state index contributed by atoms with van der Waals surface area (Å²) in [6.45, 7) is 5.89. The number of methoxy groups -OCH3 is 1. The molecule has 0 aliphatic heterocycles. The third-order valence-electron chi connectivity index (χ3n) is 4.29. The number of aryl methyl sites for hydroxylation is 1. The van der Waals surface area contributed by atoms with Crippen LogP contribution in [0.25, 0.3) is 11.0 Å². The Balaban J connectivity index is 0.00000225. The van der Waals surface area contributed by atoms with Crippen LogP contribution in [0.2, 0.25) is 0 Å². The van der Waals surface area contributed by atoms with E-state index in [9.17, 15) is 4.39 Å². The molecule has 0 fully saturated rings. The summed E-state index contributed by atoms with van der Waals surface area (Å²) in [4.78, 5) is 4.51. The minimum Gasteiger partial charge on any atom is -0.487 e. The Bertz CT molecular complexity index is 847. The van der Waals surface area contributed by atoms with Crippen molar-refractivity contribution in [2.75, 3.05) is 13.7 Å². The maximum absolute atomic E-state index is 13.0. The fourth-order valence-corrected chi connectivity index (χ4v) is 2.83. The molecule has 0 aliphatic rings. The molecule has 0 atom stereocenters. The lowest BCUT2D eigenvalue weighted by Crippen LogP contribution is -2.07. The van der Waals surface area contributed by atoms with Crippen molar-refractivity contribution >= 4 is 23.4 Å². The maximum Gasteiger partial charge on any atom is 0.147 e. The SMILES string of the molecule is COCCn1c(C)c(C)c2nccc(OCc3ccc(F)cc3)c21.Cl. The topological polar surface area (TPSA) is 36.3 Å². The molecular weight excluding hydrogens is 343 g/mol. The lowest BCUT2D eigenvalue weighted by molar-refractivity contribution is 0.187. The van der Waals surface area contributed by atoms with E-state index >= 15 is 0 Å². The summed E-state index contributed by atoms with van der Waals surface area (Å²) in [5.74, 6) is 0.529. The van der Waals surface area contributed by atoms with Gasteiger partial charge in [-0.2, -0.15) is 0 Å². The summed E-state index contributed by atoms with van der Waals surface area (Å²) in [5.41, 5.74) is 5.15. The third-order valence-corrected chi connectivity index (χ3v) is 4.29. The van der Waals surface area contributed by atoms with Crippen LogP contribution in [0.1, 0.15) is 16.8 Å². The molecule has 0 amide bonds. The highest BCUT2D eigenvalue weighted by atomic mass is 35.5. The first-order chi connectivity index (χ1) is 11.6. The average molecular weight is 365 g/mol. The normalized spacial score (nSPS) is 10.7. The van der Waals surface area contributed by atoms with Gasteiger partial charge in [0.05, 0.1) is 12.1 Å². The molecule has 1 aromatic carbocycles. The minimum absolute atomic E-state index is 0. The lowest BCUT2D eigenvalue weighted by Gasteiger charge is -2.12. The second-order valence-corrected chi connectivity index (χ2v) is 5.78. The van der Waals surface area contributed by atoms with Crippen LogP contribution in [0.15, 0.2) is 36.5 Å². The van der Waals surface area contributed by atoms with E-state index in [0.29, 0.717) is 13.2 Å². The molecule has 134 valence electrons. The van der Waals surface area contributed by atoms with Crippen molar-refractivity contribution in [3.05, 3.63) is 59.2 Å². The van der Waals surface area contributed by atoms with Gasteiger partial charge >= 0.3 is 0 Å². The minimum atomic E-state index is -0.246. The van der Waals surface area contributed by atoms with E-state index in [4.69, 9.17) is 9.47 Å². The van der Waals surface area contributed by atoms with Crippen LogP contribution >= 0.6 is 12.4 Å². The summed E-state index contributed by atoms with van der Waals surface area (Å²) < 4.78 is 26.4. The highest BCUT2D eigenvalue weighted by Crippen LogP contribution is 2.31. The molecular formula is C19H22ClFN2O2. The van der Waals surface area contributed by atoms with Gasteiger partial charge in [-0.3, -0.25) is 4.98 Å². The van der Waals surface area contributed by atoms with Crippen LogP contribution < -0.4 is 4.74 Å². The number of aromatic nitrogens is 2. The Morgan fingerprint density at radius 2 is 1.84 bits per heavy atom. The van der Waals surface area contributed by atoms with E-state index in [2.05, 4.69) is 23.4 Å². The molecule has 0 spiro atoms. The highest BCUT2D eigenvalue weighted by Gasteiger charge is 2.16. The standard InChI is InChI=1S/C19H21FN2O2.ClH/c1-13-14(2)22(10-11-23-3)19-17(8-9-21-18(13)19)24-12-15-4-6-16(20)7-5-15;/h4-9H,10-12H2,1-3H3;1H. The number of pyridine rings is 1. The van der Waals surface area contributed by atoms with Crippen molar-refractivity contribution in [2.24, 2.45) is 0 Å². The van der Waals surface area contributed by atoms with Crippen molar-refractivity contribution in [1.29, 1.82) is 0 Å². The van der Waals surface area contributed by atoms with Crippen LogP contribution in [-0.2, 0) is 17.9 Å². The largest absolute Gasteiger partial charge is 0.487 e. The second kappa shape index (κ2) is 8.32. The van der Waals surface area contributed by atoms with Crippen LogP contribution in [0.3, 0.4) is 0 Å². The highest BCUT2D eigenvalue weighted by molar-refractivity contribution is 5.86. The van der Waals surface area contributed by atoms with Crippen LogP contribution in [0.4, 0.5) is 4.39 Å². The molecule has 0 aliphatic carbocycles. The number of rotatable bonds is 6. The summed E-state index contributed by atoms with van der Waals surface area (Å²) >= 11 is 0. The number of benzene rings is 1. The van der Waals surface area contributed by atoms with Gasteiger partial charge in [0.1, 0.15) is 23.7 Å². The number of nitrogens with zero attached hydrogens (tertiary/aromatic N) is 2. The van der Waals surface area contributed by atoms with Crippen molar-refractivity contribution in [2.45, 2.75) is 27.0 Å². The summed E-state index contributed by atoms with van der Waals surface area (Å²) in [5, 5.41) is 0. The summed E-state index contributed by atoms with van der Waals surface area (Å²) in [6.07, 6.45) is 1.76. The predicted molar refractivity (Wildman–Crippen MR) is 99.1 cm³/mol. The first-order valence-corrected chi connectivity index (χ1v) is 7.92. The van der Waals surface area contributed by atoms with Gasteiger partial charge in [-0.1, -0.05) is 12.1 Å². The quantitative estimate of drug-likeness (QED) is 0.648. The van der Waals surface area contributed by atoms with E-state index in [-0.39, 0.29) is 18.2 Å². The zero-order chi connectivity index (χ0) is 17.1. The fraction of sp³-hybridized carbons (Fsp3) is 0.316. The van der Waals surface area contributed by atoms with Crippen LogP contribution in [0.5, 0.6) is 5.75 Å². The van der Waals surface area contributed by atoms with Gasteiger partial charge in [0.15, 0.2) is 0 Å². The molecule has 2 aromatic heterocycles. The Labute approximate surface area is 153 Å². The molecule has 2 heterocycles. The Morgan fingerprint density at radius 3 is 2.52 bits per heavy atom. The number of fused-ring (bicyclic) bond motifs is 1. The molecule has 3 aromatic rings. The predicted octanol–water partition coefficient (Wildman–Crippen LogP) is 4.44. The van der Waals surface area contributed by atoms with Gasteiger partial charge in [0.2, 0.25) is 0 Å². The number of hydrogen-bond donors (Lipinski definition) is 0. The molecule has 3 rings (SSSR count). The third kappa shape index (κ3) is 3.94. The van der Waals surface area contributed by atoms with E-state index < -0.39 is 0 Å². The maximum atomic E-state index is 13.0. The van der Waals surface area contributed by atoms with Gasteiger partial charge in [0, 0.05) is 31.6 Å². The van der Waals surface area contributed by atoms with Crippen molar-refractivity contribution in [3.63, 3.8) is 0 Å².